The number of urea groups is 1. The highest BCUT2D eigenvalue weighted by Gasteiger charge is 2.65. The van der Waals surface area contributed by atoms with E-state index in [1.807, 2.05) is 0 Å². The largest absolute Gasteiger partial charge is 0.478 e. The molecule has 3 N–H and O–H groups in total. The number of carbonyl (C=O) groups is 2. The summed E-state index contributed by atoms with van der Waals surface area (Å²) in [6.45, 7) is 8.39. The SMILES string of the molecule is CC1(C)C(NC(=O)Nc2cc(Br)ccc2C(=O)O)C1(C)C. The van der Waals surface area contributed by atoms with Gasteiger partial charge in [-0.3, -0.25) is 0 Å². The van der Waals surface area contributed by atoms with E-state index in [4.69, 9.17) is 5.11 Å². The van der Waals surface area contributed by atoms with Crippen LogP contribution in [0.4, 0.5) is 10.5 Å². The predicted molar refractivity (Wildman–Crippen MR) is 84.6 cm³/mol. The third kappa shape index (κ3) is 2.77. The van der Waals surface area contributed by atoms with E-state index < -0.39 is 5.97 Å². The molecule has 0 bridgehead atoms. The smallest absolute Gasteiger partial charge is 0.337 e. The highest BCUT2D eigenvalue weighted by Crippen LogP contribution is 2.62. The van der Waals surface area contributed by atoms with Gasteiger partial charge in [-0.15, -0.1) is 0 Å². The van der Waals surface area contributed by atoms with Crippen LogP contribution in [-0.4, -0.2) is 23.1 Å². The molecule has 1 aliphatic carbocycles. The van der Waals surface area contributed by atoms with Gasteiger partial charge in [-0.1, -0.05) is 43.6 Å². The minimum absolute atomic E-state index is 0.0250. The van der Waals surface area contributed by atoms with Crippen LogP contribution in [0, 0.1) is 10.8 Å². The quantitative estimate of drug-likeness (QED) is 0.774. The average molecular weight is 355 g/mol. The van der Waals surface area contributed by atoms with E-state index in [9.17, 15) is 9.59 Å². The fourth-order valence-electron chi connectivity index (χ4n) is 2.65. The molecule has 2 rings (SSSR count). The van der Waals surface area contributed by atoms with Gasteiger partial charge in [-0.25, -0.2) is 9.59 Å². The van der Waals surface area contributed by atoms with Crippen LogP contribution in [0.25, 0.3) is 0 Å². The summed E-state index contributed by atoms with van der Waals surface area (Å²) in [6.07, 6.45) is 0. The van der Waals surface area contributed by atoms with E-state index >= 15 is 0 Å². The number of halogens is 1. The second-order valence-corrected chi connectivity index (χ2v) is 7.39. The van der Waals surface area contributed by atoms with Crippen molar-refractivity contribution in [3.05, 3.63) is 28.2 Å². The number of anilines is 1. The predicted octanol–water partition coefficient (Wildman–Crippen LogP) is 3.70. The zero-order valence-electron chi connectivity index (χ0n) is 12.5. The van der Waals surface area contributed by atoms with Crippen LogP contribution in [0.2, 0.25) is 0 Å². The number of hydrogen-bond acceptors (Lipinski definition) is 2. The summed E-state index contributed by atoms with van der Waals surface area (Å²) in [5.41, 5.74) is 0.377. The molecule has 2 amide bonds. The zero-order chi connectivity index (χ0) is 16.0. The number of carboxylic acid groups (broad SMARTS) is 1. The third-order valence-corrected chi connectivity index (χ3v) is 5.25. The molecule has 1 saturated carbocycles. The first kappa shape index (κ1) is 15.8. The van der Waals surface area contributed by atoms with Crippen molar-refractivity contribution in [2.75, 3.05) is 5.32 Å². The van der Waals surface area contributed by atoms with Crippen molar-refractivity contribution in [3.63, 3.8) is 0 Å². The topological polar surface area (TPSA) is 78.4 Å². The number of carbonyl (C=O) groups excluding carboxylic acids is 1. The number of benzene rings is 1. The highest BCUT2D eigenvalue weighted by molar-refractivity contribution is 9.10. The Balaban J connectivity index is 2.11. The van der Waals surface area contributed by atoms with Crippen LogP contribution in [0.1, 0.15) is 38.1 Å². The van der Waals surface area contributed by atoms with E-state index in [1.165, 1.54) is 6.07 Å². The van der Waals surface area contributed by atoms with E-state index in [2.05, 4.69) is 54.3 Å². The normalized spacial score (nSPS) is 18.9. The lowest BCUT2D eigenvalue weighted by Crippen LogP contribution is -2.34. The molecule has 0 aromatic heterocycles. The van der Waals surface area contributed by atoms with Crippen LogP contribution in [0.15, 0.2) is 22.7 Å². The highest BCUT2D eigenvalue weighted by atomic mass is 79.9. The molecule has 0 saturated heterocycles. The minimum atomic E-state index is -1.08. The van der Waals surface area contributed by atoms with Gasteiger partial charge in [0.2, 0.25) is 0 Å². The van der Waals surface area contributed by atoms with Crippen LogP contribution >= 0.6 is 15.9 Å². The second-order valence-electron chi connectivity index (χ2n) is 6.47. The molecule has 1 aromatic carbocycles. The van der Waals surface area contributed by atoms with E-state index in [-0.39, 0.29) is 34.2 Å². The third-order valence-electron chi connectivity index (χ3n) is 4.76. The Kier molecular flexibility index (Phi) is 3.78. The van der Waals surface area contributed by atoms with Gasteiger partial charge in [0.25, 0.3) is 0 Å². The monoisotopic (exact) mass is 354 g/mol. The molecule has 0 aliphatic heterocycles. The minimum Gasteiger partial charge on any atom is -0.478 e. The molecule has 0 radical (unpaired) electrons. The molecule has 0 unspecified atom stereocenters. The fourth-order valence-corrected chi connectivity index (χ4v) is 3.01. The average Bonchev–Trinajstić information content (AvgIpc) is 2.71. The van der Waals surface area contributed by atoms with Crippen molar-refractivity contribution >= 4 is 33.6 Å². The number of aromatic carboxylic acids is 1. The molecule has 114 valence electrons. The fraction of sp³-hybridized carbons (Fsp3) is 0.467. The Morgan fingerprint density at radius 3 is 2.24 bits per heavy atom. The molecular formula is C15H19BrN2O3. The molecule has 21 heavy (non-hydrogen) atoms. The molecule has 6 heteroatoms. The molecule has 0 heterocycles. The molecule has 1 fully saturated rings. The summed E-state index contributed by atoms with van der Waals surface area (Å²) in [5.74, 6) is -1.08. The summed E-state index contributed by atoms with van der Waals surface area (Å²) in [4.78, 5) is 23.3. The van der Waals surface area contributed by atoms with Crippen molar-refractivity contribution in [2.24, 2.45) is 10.8 Å². The molecular weight excluding hydrogens is 336 g/mol. The van der Waals surface area contributed by atoms with E-state index in [1.54, 1.807) is 12.1 Å². The van der Waals surface area contributed by atoms with Crippen molar-refractivity contribution < 1.29 is 14.7 Å². The van der Waals surface area contributed by atoms with Crippen LogP contribution in [0.3, 0.4) is 0 Å². The van der Waals surface area contributed by atoms with E-state index in [0.717, 1.165) is 0 Å². The summed E-state index contributed by atoms with van der Waals surface area (Å²) >= 11 is 3.27. The first-order chi connectivity index (χ1) is 9.57. The number of rotatable bonds is 3. The maximum Gasteiger partial charge on any atom is 0.337 e. The lowest BCUT2D eigenvalue weighted by atomic mass is 10.0. The molecule has 0 atom stereocenters. The van der Waals surface area contributed by atoms with Gasteiger partial charge < -0.3 is 15.7 Å². The summed E-state index contributed by atoms with van der Waals surface area (Å²) in [6, 6.07) is 4.32. The summed E-state index contributed by atoms with van der Waals surface area (Å²) in [7, 11) is 0. The van der Waals surface area contributed by atoms with Gasteiger partial charge in [-0.05, 0) is 29.0 Å². The number of hydrogen-bond donors (Lipinski definition) is 3. The van der Waals surface area contributed by atoms with Crippen LogP contribution in [-0.2, 0) is 0 Å². The number of amides is 2. The molecule has 1 aliphatic rings. The van der Waals surface area contributed by atoms with Gasteiger partial charge in [0.1, 0.15) is 0 Å². The van der Waals surface area contributed by atoms with Gasteiger partial charge in [0.05, 0.1) is 11.3 Å². The van der Waals surface area contributed by atoms with Gasteiger partial charge >= 0.3 is 12.0 Å². The Morgan fingerprint density at radius 1 is 1.19 bits per heavy atom. The Bertz CT molecular complexity index is 597. The van der Waals surface area contributed by atoms with Crippen molar-refractivity contribution in [3.8, 4) is 0 Å². The summed E-state index contributed by atoms with van der Waals surface area (Å²) < 4.78 is 0.704. The van der Waals surface area contributed by atoms with Crippen LogP contribution < -0.4 is 10.6 Å². The maximum absolute atomic E-state index is 12.1. The number of carboxylic acids is 1. The van der Waals surface area contributed by atoms with Crippen LogP contribution in [0.5, 0.6) is 0 Å². The van der Waals surface area contributed by atoms with Crippen molar-refractivity contribution in [1.29, 1.82) is 0 Å². The lowest BCUT2D eigenvalue weighted by Gasteiger charge is -2.11. The first-order valence-electron chi connectivity index (χ1n) is 6.67. The van der Waals surface area contributed by atoms with E-state index in [0.29, 0.717) is 4.47 Å². The molecule has 5 nitrogen and oxygen atoms in total. The lowest BCUT2D eigenvalue weighted by molar-refractivity contribution is 0.0698. The van der Waals surface area contributed by atoms with Crippen molar-refractivity contribution in [2.45, 2.75) is 33.7 Å². The van der Waals surface area contributed by atoms with Gasteiger partial charge in [0, 0.05) is 10.5 Å². The second kappa shape index (κ2) is 5.02. The maximum atomic E-state index is 12.1. The molecule has 0 spiro atoms. The molecule has 1 aromatic rings. The zero-order valence-corrected chi connectivity index (χ0v) is 14.0. The number of nitrogens with one attached hydrogen (secondary N) is 2. The Labute approximate surface area is 132 Å². The van der Waals surface area contributed by atoms with Crippen molar-refractivity contribution in [1.82, 2.24) is 5.32 Å². The Hall–Kier alpha value is -1.56. The standard InChI is InChI=1S/C15H19BrN2O3/c1-14(2)12(15(14,3)4)18-13(21)17-10-7-8(16)5-6-9(10)11(19)20/h5-7,12H,1-4H3,(H,19,20)(H2,17,18,21). The first-order valence-corrected chi connectivity index (χ1v) is 7.47. The van der Waals surface area contributed by atoms with Gasteiger partial charge in [-0.2, -0.15) is 0 Å². The van der Waals surface area contributed by atoms with Gasteiger partial charge in [0.15, 0.2) is 0 Å². The Morgan fingerprint density at radius 2 is 1.76 bits per heavy atom. The summed E-state index contributed by atoms with van der Waals surface area (Å²) in [5, 5.41) is 14.7.